The van der Waals surface area contributed by atoms with Gasteiger partial charge in [-0.2, -0.15) is 0 Å². The molecule has 2 bridgehead atoms. The van der Waals surface area contributed by atoms with Crippen molar-refractivity contribution in [1.29, 1.82) is 0 Å². The van der Waals surface area contributed by atoms with E-state index in [1.165, 1.54) is 32.2 Å². The average Bonchev–Trinajstić information content (AvgIpc) is 1.93. The molecule has 0 aromatic carbocycles. The molecule has 1 saturated carbocycles. The molecule has 0 atom stereocenters. The molecular weight excluding hydrogens is 110 g/mol. The van der Waals surface area contributed by atoms with Crippen LogP contribution >= 0.6 is 0 Å². The molecule has 52 valence electrons. The van der Waals surface area contributed by atoms with Crippen LogP contribution in [-0.2, 0) is 0 Å². The van der Waals surface area contributed by atoms with Gasteiger partial charge in [-0.05, 0) is 45.2 Å². The van der Waals surface area contributed by atoms with Gasteiger partial charge in [-0.15, -0.1) is 0 Å². The van der Waals surface area contributed by atoms with Crippen LogP contribution in [0.2, 0.25) is 0 Å². The third-order valence-electron chi connectivity index (χ3n) is 2.96. The molecule has 0 aromatic heterocycles. The van der Waals surface area contributed by atoms with Crippen molar-refractivity contribution < 1.29 is 0 Å². The highest BCUT2D eigenvalue weighted by Gasteiger charge is 2.33. The second kappa shape index (κ2) is 1.98. The Balaban J connectivity index is 1.99. The fourth-order valence-corrected chi connectivity index (χ4v) is 2.11. The molecular formula is C8H15N. The molecule has 0 N–H and O–H groups in total. The number of fused-ring (bicyclic) bond motifs is 3. The highest BCUT2D eigenvalue weighted by molar-refractivity contribution is 4.88. The summed E-state index contributed by atoms with van der Waals surface area (Å²) in [5.41, 5.74) is 0. The Kier molecular flexibility index (Phi) is 1.26. The first-order valence-corrected chi connectivity index (χ1v) is 4.06. The molecule has 0 radical (unpaired) electrons. The van der Waals surface area contributed by atoms with E-state index in [1.807, 2.05) is 0 Å². The number of hydrogen-bond donors (Lipinski definition) is 0. The summed E-state index contributed by atoms with van der Waals surface area (Å²) in [5, 5.41) is 0. The maximum atomic E-state index is 2.53. The van der Waals surface area contributed by atoms with Gasteiger partial charge in [-0.25, -0.2) is 0 Å². The van der Waals surface area contributed by atoms with E-state index in [9.17, 15) is 0 Å². The van der Waals surface area contributed by atoms with Crippen LogP contribution in [0.3, 0.4) is 0 Å². The first-order valence-electron chi connectivity index (χ1n) is 4.06. The lowest BCUT2D eigenvalue weighted by atomic mass is 9.79. The summed E-state index contributed by atoms with van der Waals surface area (Å²) in [4.78, 5) is 2.53. The molecule has 0 spiro atoms. The fourth-order valence-electron chi connectivity index (χ4n) is 2.11. The number of hydrogen-bond acceptors (Lipinski definition) is 1. The Bertz CT molecular complexity index is 102. The van der Waals surface area contributed by atoms with Gasteiger partial charge in [-0.1, -0.05) is 0 Å². The molecule has 1 heteroatoms. The predicted molar refractivity (Wildman–Crippen MR) is 38.4 cm³/mol. The van der Waals surface area contributed by atoms with E-state index in [0.717, 1.165) is 12.0 Å². The summed E-state index contributed by atoms with van der Waals surface area (Å²) in [6, 6.07) is 0.970. The SMILES string of the molecule is CN1CCCC2CC1C2. The second-order valence-corrected chi connectivity index (χ2v) is 3.61. The number of rotatable bonds is 0. The summed E-state index contributed by atoms with van der Waals surface area (Å²) in [6.07, 6.45) is 5.94. The first kappa shape index (κ1) is 5.72. The van der Waals surface area contributed by atoms with Crippen molar-refractivity contribution in [3.05, 3.63) is 0 Å². The van der Waals surface area contributed by atoms with E-state index in [4.69, 9.17) is 0 Å². The van der Waals surface area contributed by atoms with Crippen LogP contribution < -0.4 is 0 Å². The van der Waals surface area contributed by atoms with Crippen molar-refractivity contribution in [3.8, 4) is 0 Å². The Morgan fingerprint density at radius 1 is 1.33 bits per heavy atom. The maximum absolute atomic E-state index is 2.53. The summed E-state index contributed by atoms with van der Waals surface area (Å²) < 4.78 is 0. The summed E-state index contributed by atoms with van der Waals surface area (Å²) >= 11 is 0. The smallest absolute Gasteiger partial charge is 0.00975 e. The lowest BCUT2D eigenvalue weighted by molar-refractivity contribution is 0.135. The Morgan fingerprint density at radius 2 is 2.11 bits per heavy atom. The van der Waals surface area contributed by atoms with Gasteiger partial charge in [0.2, 0.25) is 0 Å². The van der Waals surface area contributed by atoms with Crippen molar-refractivity contribution >= 4 is 0 Å². The van der Waals surface area contributed by atoms with Gasteiger partial charge in [0.05, 0.1) is 0 Å². The topological polar surface area (TPSA) is 3.24 Å². The van der Waals surface area contributed by atoms with Crippen LogP contribution in [0.4, 0.5) is 0 Å². The zero-order chi connectivity index (χ0) is 6.27. The zero-order valence-corrected chi connectivity index (χ0v) is 6.14. The van der Waals surface area contributed by atoms with Gasteiger partial charge in [0, 0.05) is 6.04 Å². The molecule has 2 heterocycles. The molecule has 2 saturated heterocycles. The molecule has 3 rings (SSSR count). The Hall–Kier alpha value is -0.0400. The van der Waals surface area contributed by atoms with Gasteiger partial charge >= 0.3 is 0 Å². The molecule has 2 aliphatic heterocycles. The van der Waals surface area contributed by atoms with Crippen molar-refractivity contribution in [1.82, 2.24) is 4.90 Å². The Morgan fingerprint density at radius 3 is 2.89 bits per heavy atom. The van der Waals surface area contributed by atoms with E-state index in [2.05, 4.69) is 11.9 Å². The minimum atomic E-state index is 0.970. The molecule has 1 aliphatic carbocycles. The molecule has 0 unspecified atom stereocenters. The van der Waals surface area contributed by atoms with Crippen LogP contribution in [0, 0.1) is 5.92 Å². The van der Waals surface area contributed by atoms with E-state index in [0.29, 0.717) is 0 Å². The third kappa shape index (κ3) is 0.877. The summed E-state index contributed by atoms with van der Waals surface area (Å²) in [7, 11) is 2.27. The van der Waals surface area contributed by atoms with Crippen molar-refractivity contribution in [2.24, 2.45) is 5.92 Å². The van der Waals surface area contributed by atoms with Gasteiger partial charge in [-0.3, -0.25) is 0 Å². The largest absolute Gasteiger partial charge is 0.303 e. The van der Waals surface area contributed by atoms with Crippen LogP contribution in [0.1, 0.15) is 25.7 Å². The van der Waals surface area contributed by atoms with Crippen molar-refractivity contribution in [3.63, 3.8) is 0 Å². The molecule has 0 amide bonds. The summed E-state index contributed by atoms with van der Waals surface area (Å²) in [5.74, 6) is 1.11. The fraction of sp³-hybridized carbons (Fsp3) is 1.00. The molecule has 1 nitrogen and oxygen atoms in total. The van der Waals surface area contributed by atoms with Gasteiger partial charge in [0.15, 0.2) is 0 Å². The molecule has 9 heavy (non-hydrogen) atoms. The normalized spacial score (nSPS) is 43.7. The lowest BCUT2D eigenvalue weighted by Crippen LogP contribution is -2.39. The van der Waals surface area contributed by atoms with Gasteiger partial charge in [0.25, 0.3) is 0 Å². The maximum Gasteiger partial charge on any atom is 0.00975 e. The second-order valence-electron chi connectivity index (χ2n) is 3.61. The van der Waals surface area contributed by atoms with Gasteiger partial charge < -0.3 is 4.90 Å². The molecule has 3 fully saturated rings. The Labute approximate surface area is 57.0 Å². The number of nitrogens with zero attached hydrogens (tertiary/aromatic N) is 1. The standard InChI is InChI=1S/C8H15N/c1-9-4-2-3-7-5-8(9)6-7/h7-8H,2-6H2,1H3. The highest BCUT2D eigenvalue weighted by atomic mass is 15.1. The van der Waals surface area contributed by atoms with E-state index in [1.54, 1.807) is 0 Å². The molecule has 3 aliphatic rings. The van der Waals surface area contributed by atoms with Crippen LogP contribution in [0.5, 0.6) is 0 Å². The first-order chi connectivity index (χ1) is 4.36. The third-order valence-corrected chi connectivity index (χ3v) is 2.96. The summed E-state index contributed by atoms with van der Waals surface area (Å²) in [6.45, 7) is 1.35. The average molecular weight is 125 g/mol. The monoisotopic (exact) mass is 125 g/mol. The lowest BCUT2D eigenvalue weighted by Gasteiger charge is -2.37. The van der Waals surface area contributed by atoms with E-state index in [-0.39, 0.29) is 0 Å². The van der Waals surface area contributed by atoms with Crippen LogP contribution in [0.15, 0.2) is 0 Å². The van der Waals surface area contributed by atoms with E-state index >= 15 is 0 Å². The molecule has 0 aromatic rings. The van der Waals surface area contributed by atoms with Crippen molar-refractivity contribution in [2.45, 2.75) is 31.7 Å². The van der Waals surface area contributed by atoms with Crippen molar-refractivity contribution in [2.75, 3.05) is 13.6 Å². The highest BCUT2D eigenvalue weighted by Crippen LogP contribution is 2.37. The predicted octanol–water partition coefficient (Wildman–Crippen LogP) is 1.49. The van der Waals surface area contributed by atoms with Crippen LogP contribution in [0.25, 0.3) is 0 Å². The van der Waals surface area contributed by atoms with Crippen LogP contribution in [-0.4, -0.2) is 24.5 Å². The van der Waals surface area contributed by atoms with E-state index < -0.39 is 0 Å². The van der Waals surface area contributed by atoms with Gasteiger partial charge in [0.1, 0.15) is 0 Å². The minimum Gasteiger partial charge on any atom is -0.303 e. The quantitative estimate of drug-likeness (QED) is 0.474. The minimum absolute atomic E-state index is 0.970. The zero-order valence-electron chi connectivity index (χ0n) is 6.14.